The van der Waals surface area contributed by atoms with E-state index in [2.05, 4.69) is 61.4 Å². The second-order valence-corrected chi connectivity index (χ2v) is 8.87. The molecule has 0 aliphatic heterocycles. The Morgan fingerprint density at radius 3 is 2.25 bits per heavy atom. The number of hydrogen-bond donors (Lipinski definition) is 2. The predicted molar refractivity (Wildman–Crippen MR) is 114 cm³/mol. The van der Waals surface area contributed by atoms with E-state index in [1.165, 1.54) is 0 Å². The van der Waals surface area contributed by atoms with Gasteiger partial charge in [0, 0.05) is 10.0 Å². The van der Waals surface area contributed by atoms with Crippen LogP contribution in [0.4, 0.5) is 0 Å². The first-order valence-electron chi connectivity index (χ1n) is 9.20. The second-order valence-electron chi connectivity index (χ2n) is 7.96. The summed E-state index contributed by atoms with van der Waals surface area (Å²) >= 11 is 3.44. The van der Waals surface area contributed by atoms with Crippen molar-refractivity contribution in [3.05, 3.63) is 63.6 Å². The van der Waals surface area contributed by atoms with Gasteiger partial charge in [-0.1, -0.05) is 62.7 Å². The molecule has 2 aromatic rings. The molecule has 0 aromatic heterocycles. The Balaban J connectivity index is 1.88. The van der Waals surface area contributed by atoms with Crippen LogP contribution < -0.4 is 15.6 Å². The molecule has 0 aliphatic carbocycles. The van der Waals surface area contributed by atoms with Gasteiger partial charge in [-0.25, -0.2) is 0 Å². The number of benzene rings is 2. The summed E-state index contributed by atoms with van der Waals surface area (Å²) in [4.78, 5) is 24.2. The second kappa shape index (κ2) is 9.24. The average Bonchev–Trinajstić information content (AvgIpc) is 2.64. The quantitative estimate of drug-likeness (QED) is 0.653. The normalized spacial score (nSPS) is 11.2. The third-order valence-corrected chi connectivity index (χ3v) is 4.77. The van der Waals surface area contributed by atoms with Crippen LogP contribution in [0.5, 0.6) is 5.75 Å². The Kier molecular flexibility index (Phi) is 7.24. The van der Waals surface area contributed by atoms with Crippen LogP contribution in [0.3, 0.4) is 0 Å². The summed E-state index contributed by atoms with van der Waals surface area (Å²) in [7, 11) is 0. The molecular weight excluding hydrogens is 420 g/mol. The zero-order chi connectivity index (χ0) is 20.9. The number of hydrogen-bond acceptors (Lipinski definition) is 3. The van der Waals surface area contributed by atoms with E-state index >= 15 is 0 Å². The number of nitrogens with one attached hydrogen (secondary N) is 2. The molecular formula is C22H27BrN2O3. The van der Waals surface area contributed by atoms with Crippen LogP contribution >= 0.6 is 15.9 Å². The van der Waals surface area contributed by atoms with Crippen molar-refractivity contribution < 1.29 is 14.3 Å². The molecule has 0 spiro atoms. The van der Waals surface area contributed by atoms with Gasteiger partial charge in [0.05, 0.1) is 0 Å². The third-order valence-electron chi connectivity index (χ3n) is 4.28. The molecule has 0 fully saturated rings. The average molecular weight is 447 g/mol. The van der Waals surface area contributed by atoms with Gasteiger partial charge in [-0.3, -0.25) is 20.4 Å². The molecule has 0 bridgehead atoms. The molecule has 0 heterocycles. The maximum atomic E-state index is 12.2. The molecule has 150 valence electrons. The fraction of sp³-hybridized carbons (Fsp3) is 0.364. The van der Waals surface area contributed by atoms with E-state index in [0.717, 1.165) is 15.6 Å². The summed E-state index contributed by atoms with van der Waals surface area (Å²) < 4.78 is 6.58. The van der Waals surface area contributed by atoms with Gasteiger partial charge in [-0.05, 0) is 52.8 Å². The van der Waals surface area contributed by atoms with Crippen LogP contribution in [-0.2, 0) is 10.2 Å². The van der Waals surface area contributed by atoms with E-state index < -0.39 is 5.91 Å². The van der Waals surface area contributed by atoms with Crippen LogP contribution in [0.15, 0.2) is 46.9 Å². The van der Waals surface area contributed by atoms with Crippen LogP contribution in [-0.4, -0.2) is 18.4 Å². The SMILES string of the molecule is CC(C)c1cc(Br)ccc1OCC(=O)NNC(=O)c1ccc(C(C)(C)C)cc1. The molecule has 0 unspecified atom stereocenters. The summed E-state index contributed by atoms with van der Waals surface area (Å²) in [5.41, 5.74) is 7.43. The summed E-state index contributed by atoms with van der Waals surface area (Å²) in [6, 6.07) is 13.0. The highest BCUT2D eigenvalue weighted by molar-refractivity contribution is 9.10. The lowest BCUT2D eigenvalue weighted by Crippen LogP contribution is -2.43. The van der Waals surface area contributed by atoms with Gasteiger partial charge in [-0.15, -0.1) is 0 Å². The standard InChI is InChI=1S/C22H27BrN2O3/c1-14(2)18-12-17(23)10-11-19(18)28-13-20(26)24-25-21(27)15-6-8-16(9-7-15)22(3,4)5/h6-12,14H,13H2,1-5H3,(H,24,26)(H,25,27). The van der Waals surface area contributed by atoms with Crippen molar-refractivity contribution in [1.82, 2.24) is 10.9 Å². The Morgan fingerprint density at radius 2 is 1.68 bits per heavy atom. The topological polar surface area (TPSA) is 67.4 Å². The molecule has 0 saturated carbocycles. The Labute approximate surface area is 175 Å². The smallest absolute Gasteiger partial charge is 0.276 e. The summed E-state index contributed by atoms with van der Waals surface area (Å²) in [5, 5.41) is 0. The van der Waals surface area contributed by atoms with Gasteiger partial charge in [0.1, 0.15) is 5.75 Å². The zero-order valence-electron chi connectivity index (χ0n) is 16.9. The Morgan fingerprint density at radius 1 is 1.04 bits per heavy atom. The van der Waals surface area contributed by atoms with Crippen LogP contribution in [0.1, 0.15) is 62.0 Å². The van der Waals surface area contributed by atoms with Crippen molar-refractivity contribution in [1.29, 1.82) is 0 Å². The van der Waals surface area contributed by atoms with E-state index in [1.807, 2.05) is 30.3 Å². The van der Waals surface area contributed by atoms with Crippen LogP contribution in [0.25, 0.3) is 0 Å². The number of halogens is 1. The molecule has 0 radical (unpaired) electrons. The first-order valence-corrected chi connectivity index (χ1v) is 9.99. The fourth-order valence-corrected chi connectivity index (χ4v) is 2.98. The number of ether oxygens (including phenoxy) is 1. The maximum Gasteiger partial charge on any atom is 0.276 e. The highest BCUT2D eigenvalue weighted by atomic mass is 79.9. The summed E-state index contributed by atoms with van der Waals surface area (Å²) in [6.45, 7) is 10.2. The van der Waals surface area contributed by atoms with Gasteiger partial charge < -0.3 is 4.74 Å². The van der Waals surface area contributed by atoms with Crippen LogP contribution in [0.2, 0.25) is 0 Å². The molecule has 2 aromatic carbocycles. The maximum absolute atomic E-state index is 12.2. The van der Waals surface area contributed by atoms with Gasteiger partial charge in [0.15, 0.2) is 6.61 Å². The van der Waals surface area contributed by atoms with Crippen molar-refractivity contribution in [3.8, 4) is 5.75 Å². The van der Waals surface area contributed by atoms with Gasteiger partial charge in [0.2, 0.25) is 0 Å². The van der Waals surface area contributed by atoms with Gasteiger partial charge >= 0.3 is 0 Å². The predicted octanol–water partition coefficient (Wildman–Crippen LogP) is 4.71. The van der Waals surface area contributed by atoms with E-state index in [9.17, 15) is 9.59 Å². The molecule has 6 heteroatoms. The lowest BCUT2D eigenvalue weighted by Gasteiger charge is -2.19. The molecule has 5 nitrogen and oxygen atoms in total. The molecule has 0 atom stereocenters. The zero-order valence-corrected chi connectivity index (χ0v) is 18.5. The van der Waals surface area contributed by atoms with Crippen molar-refractivity contribution in [2.24, 2.45) is 0 Å². The summed E-state index contributed by atoms with van der Waals surface area (Å²) in [6.07, 6.45) is 0. The van der Waals surface area contributed by atoms with Gasteiger partial charge in [-0.2, -0.15) is 0 Å². The number of rotatable bonds is 5. The number of hydrazine groups is 1. The minimum Gasteiger partial charge on any atom is -0.483 e. The lowest BCUT2D eigenvalue weighted by molar-refractivity contribution is -0.123. The lowest BCUT2D eigenvalue weighted by atomic mass is 9.87. The molecule has 28 heavy (non-hydrogen) atoms. The summed E-state index contributed by atoms with van der Waals surface area (Å²) in [5.74, 6) is 0.0985. The minimum atomic E-state index is -0.433. The van der Waals surface area contributed by atoms with E-state index in [-0.39, 0.29) is 23.8 Å². The molecule has 2 N–H and O–H groups in total. The van der Waals surface area contributed by atoms with Crippen molar-refractivity contribution in [2.75, 3.05) is 6.61 Å². The van der Waals surface area contributed by atoms with E-state index in [0.29, 0.717) is 11.3 Å². The molecule has 0 saturated heterocycles. The third kappa shape index (κ3) is 6.09. The first kappa shape index (κ1) is 22.0. The highest BCUT2D eigenvalue weighted by Crippen LogP contribution is 2.29. The number of carbonyl (C=O) groups excluding carboxylic acids is 2. The molecule has 2 amide bonds. The minimum absolute atomic E-state index is 0.0163. The van der Waals surface area contributed by atoms with Crippen LogP contribution in [0, 0.1) is 0 Å². The Hall–Kier alpha value is -2.34. The van der Waals surface area contributed by atoms with E-state index in [4.69, 9.17) is 4.74 Å². The van der Waals surface area contributed by atoms with Crippen molar-refractivity contribution >= 4 is 27.7 Å². The van der Waals surface area contributed by atoms with Gasteiger partial charge in [0.25, 0.3) is 11.8 Å². The number of carbonyl (C=O) groups is 2. The monoisotopic (exact) mass is 446 g/mol. The fourth-order valence-electron chi connectivity index (χ4n) is 2.60. The molecule has 2 rings (SSSR count). The molecule has 0 aliphatic rings. The largest absolute Gasteiger partial charge is 0.483 e. The number of amides is 2. The Bertz CT molecular complexity index is 840. The van der Waals surface area contributed by atoms with Crippen molar-refractivity contribution in [2.45, 2.75) is 46.0 Å². The van der Waals surface area contributed by atoms with Crippen molar-refractivity contribution in [3.63, 3.8) is 0 Å². The first-order chi connectivity index (χ1) is 13.1. The van der Waals surface area contributed by atoms with E-state index in [1.54, 1.807) is 12.1 Å². The highest BCUT2D eigenvalue weighted by Gasteiger charge is 2.15.